The van der Waals surface area contributed by atoms with Gasteiger partial charge in [-0.25, -0.2) is 4.98 Å². The zero-order valence-electron chi connectivity index (χ0n) is 7.70. The quantitative estimate of drug-likeness (QED) is 0.720. The third kappa shape index (κ3) is 1.99. The standard InChI is InChI=1S/C10H8ClN3O/c11-8-2-1-6(12)3-7(8)9-4-10(15)14-5-13-9/h1-5H,12H2,(H,13,14,15). The van der Waals surface area contributed by atoms with Crippen molar-refractivity contribution in [2.75, 3.05) is 5.73 Å². The first-order valence-corrected chi connectivity index (χ1v) is 4.65. The molecule has 0 amide bonds. The van der Waals surface area contributed by atoms with Gasteiger partial charge >= 0.3 is 0 Å². The van der Waals surface area contributed by atoms with Crippen LogP contribution in [0.3, 0.4) is 0 Å². The van der Waals surface area contributed by atoms with Crippen molar-refractivity contribution in [3.05, 3.63) is 46.0 Å². The fraction of sp³-hybridized carbons (Fsp3) is 0. The van der Waals surface area contributed by atoms with Gasteiger partial charge in [0.1, 0.15) is 0 Å². The van der Waals surface area contributed by atoms with Crippen LogP contribution in [0.5, 0.6) is 0 Å². The van der Waals surface area contributed by atoms with Crippen molar-refractivity contribution in [1.29, 1.82) is 0 Å². The first kappa shape index (κ1) is 9.73. The number of hydrogen-bond donors (Lipinski definition) is 2. The van der Waals surface area contributed by atoms with Crippen LogP contribution in [0, 0.1) is 0 Å². The summed E-state index contributed by atoms with van der Waals surface area (Å²) in [5, 5.41) is 0.516. The molecule has 0 aliphatic rings. The molecule has 15 heavy (non-hydrogen) atoms. The number of nitrogens with zero attached hydrogens (tertiary/aromatic N) is 1. The third-order valence-corrected chi connectivity index (χ3v) is 2.27. The first-order valence-electron chi connectivity index (χ1n) is 4.27. The Morgan fingerprint density at radius 3 is 2.87 bits per heavy atom. The lowest BCUT2D eigenvalue weighted by Gasteiger charge is -2.03. The summed E-state index contributed by atoms with van der Waals surface area (Å²) < 4.78 is 0. The van der Waals surface area contributed by atoms with E-state index in [0.717, 1.165) is 0 Å². The summed E-state index contributed by atoms with van der Waals surface area (Å²) in [5.74, 6) is 0. The Morgan fingerprint density at radius 2 is 2.13 bits per heavy atom. The van der Waals surface area contributed by atoms with E-state index >= 15 is 0 Å². The van der Waals surface area contributed by atoms with Gasteiger partial charge in [0.2, 0.25) is 0 Å². The largest absolute Gasteiger partial charge is 0.399 e. The minimum absolute atomic E-state index is 0.224. The van der Waals surface area contributed by atoms with Crippen LogP contribution in [0.15, 0.2) is 35.4 Å². The lowest BCUT2D eigenvalue weighted by molar-refractivity contribution is 1.12. The molecule has 0 atom stereocenters. The predicted octanol–water partition coefficient (Wildman–Crippen LogP) is 1.67. The van der Waals surface area contributed by atoms with Crippen molar-refractivity contribution in [3.8, 4) is 11.3 Å². The van der Waals surface area contributed by atoms with E-state index in [1.165, 1.54) is 12.4 Å². The molecule has 0 bridgehead atoms. The minimum atomic E-state index is -0.224. The van der Waals surface area contributed by atoms with Gasteiger partial charge in [-0.15, -0.1) is 0 Å². The van der Waals surface area contributed by atoms with E-state index < -0.39 is 0 Å². The summed E-state index contributed by atoms with van der Waals surface area (Å²) in [6, 6.07) is 6.43. The maximum Gasteiger partial charge on any atom is 0.251 e. The SMILES string of the molecule is Nc1ccc(Cl)c(-c2cc(=O)[nH]cn2)c1. The maximum atomic E-state index is 11.1. The summed E-state index contributed by atoms with van der Waals surface area (Å²) in [5.41, 5.74) is 7.15. The van der Waals surface area contributed by atoms with E-state index in [9.17, 15) is 4.79 Å². The molecular weight excluding hydrogens is 214 g/mol. The van der Waals surface area contributed by atoms with Crippen LogP contribution in [-0.2, 0) is 0 Å². The first-order chi connectivity index (χ1) is 7.16. The number of nitrogens with one attached hydrogen (secondary N) is 1. The number of aromatic amines is 1. The topological polar surface area (TPSA) is 71.8 Å². The molecule has 0 fully saturated rings. The van der Waals surface area contributed by atoms with Gasteiger partial charge in [-0.05, 0) is 18.2 Å². The Morgan fingerprint density at radius 1 is 1.33 bits per heavy atom. The number of nitrogen functional groups attached to an aromatic ring is 1. The molecule has 0 saturated carbocycles. The van der Waals surface area contributed by atoms with E-state index in [1.807, 2.05) is 0 Å². The van der Waals surface area contributed by atoms with Crippen molar-refractivity contribution in [3.63, 3.8) is 0 Å². The second-order valence-corrected chi connectivity index (χ2v) is 3.44. The van der Waals surface area contributed by atoms with Gasteiger partial charge in [0.25, 0.3) is 5.56 Å². The number of anilines is 1. The molecule has 1 aromatic carbocycles. The molecule has 1 aromatic heterocycles. The number of halogens is 1. The van der Waals surface area contributed by atoms with Crippen molar-refractivity contribution in [1.82, 2.24) is 9.97 Å². The number of nitrogens with two attached hydrogens (primary N) is 1. The van der Waals surface area contributed by atoms with Gasteiger partial charge in [0.05, 0.1) is 17.0 Å². The zero-order valence-corrected chi connectivity index (χ0v) is 8.45. The Bertz CT molecular complexity index is 550. The fourth-order valence-corrected chi connectivity index (χ4v) is 1.47. The second-order valence-electron chi connectivity index (χ2n) is 3.04. The highest BCUT2D eigenvalue weighted by molar-refractivity contribution is 6.33. The zero-order chi connectivity index (χ0) is 10.8. The van der Waals surface area contributed by atoms with Gasteiger partial charge in [-0.3, -0.25) is 4.79 Å². The van der Waals surface area contributed by atoms with E-state index in [2.05, 4.69) is 9.97 Å². The van der Waals surface area contributed by atoms with Crippen molar-refractivity contribution >= 4 is 17.3 Å². The lowest BCUT2D eigenvalue weighted by Crippen LogP contribution is -2.04. The number of H-pyrrole nitrogens is 1. The monoisotopic (exact) mass is 221 g/mol. The molecule has 0 aliphatic heterocycles. The number of rotatable bonds is 1. The van der Waals surface area contributed by atoms with Gasteiger partial charge < -0.3 is 10.7 Å². The highest BCUT2D eigenvalue weighted by Crippen LogP contribution is 2.27. The highest BCUT2D eigenvalue weighted by Gasteiger charge is 2.05. The number of benzene rings is 1. The summed E-state index contributed by atoms with van der Waals surface area (Å²) in [4.78, 5) is 17.5. The number of aromatic nitrogens is 2. The van der Waals surface area contributed by atoms with Crippen LogP contribution >= 0.6 is 11.6 Å². The van der Waals surface area contributed by atoms with Gasteiger partial charge in [-0.2, -0.15) is 0 Å². The molecule has 0 saturated heterocycles. The molecular formula is C10H8ClN3O. The van der Waals surface area contributed by atoms with E-state index in [4.69, 9.17) is 17.3 Å². The molecule has 2 aromatic rings. The third-order valence-electron chi connectivity index (χ3n) is 1.94. The van der Waals surface area contributed by atoms with Crippen molar-refractivity contribution < 1.29 is 0 Å². The Hall–Kier alpha value is -1.81. The molecule has 5 heteroatoms. The average molecular weight is 222 g/mol. The van der Waals surface area contributed by atoms with Gasteiger partial charge in [-0.1, -0.05) is 11.6 Å². The maximum absolute atomic E-state index is 11.1. The molecule has 0 spiro atoms. The Labute approximate surface area is 90.7 Å². The lowest BCUT2D eigenvalue weighted by atomic mass is 10.1. The van der Waals surface area contributed by atoms with Crippen LogP contribution in [0.1, 0.15) is 0 Å². The predicted molar refractivity (Wildman–Crippen MR) is 59.7 cm³/mol. The molecule has 0 unspecified atom stereocenters. The molecule has 2 rings (SSSR count). The van der Waals surface area contributed by atoms with E-state index in [1.54, 1.807) is 18.2 Å². The van der Waals surface area contributed by atoms with Crippen LogP contribution in [0.25, 0.3) is 11.3 Å². The van der Waals surface area contributed by atoms with Crippen molar-refractivity contribution in [2.45, 2.75) is 0 Å². The fourth-order valence-electron chi connectivity index (χ4n) is 1.26. The second kappa shape index (κ2) is 3.74. The van der Waals surface area contributed by atoms with Gasteiger partial charge in [0, 0.05) is 17.3 Å². The summed E-state index contributed by atoms with van der Waals surface area (Å²) >= 11 is 5.98. The van der Waals surface area contributed by atoms with E-state index in [0.29, 0.717) is 22.0 Å². The molecule has 4 nitrogen and oxygen atoms in total. The normalized spacial score (nSPS) is 10.2. The minimum Gasteiger partial charge on any atom is -0.399 e. The van der Waals surface area contributed by atoms with Crippen LogP contribution in [-0.4, -0.2) is 9.97 Å². The van der Waals surface area contributed by atoms with Crippen LogP contribution in [0.2, 0.25) is 5.02 Å². The summed E-state index contributed by atoms with van der Waals surface area (Å²) in [6.07, 6.45) is 1.33. The van der Waals surface area contributed by atoms with E-state index in [-0.39, 0.29) is 5.56 Å². The van der Waals surface area contributed by atoms with Crippen LogP contribution in [0.4, 0.5) is 5.69 Å². The molecule has 0 aliphatic carbocycles. The smallest absolute Gasteiger partial charge is 0.251 e. The van der Waals surface area contributed by atoms with Gasteiger partial charge in [0.15, 0.2) is 0 Å². The Balaban J connectivity index is 2.63. The Kier molecular flexibility index (Phi) is 2.43. The molecule has 1 heterocycles. The highest BCUT2D eigenvalue weighted by atomic mass is 35.5. The van der Waals surface area contributed by atoms with Crippen LogP contribution < -0.4 is 11.3 Å². The summed E-state index contributed by atoms with van der Waals surface area (Å²) in [6.45, 7) is 0. The van der Waals surface area contributed by atoms with Crippen molar-refractivity contribution in [2.24, 2.45) is 0 Å². The molecule has 3 N–H and O–H groups in total. The molecule has 76 valence electrons. The molecule has 0 radical (unpaired) electrons. The number of hydrogen-bond acceptors (Lipinski definition) is 3. The summed E-state index contributed by atoms with van der Waals surface area (Å²) in [7, 11) is 0. The average Bonchev–Trinajstić information content (AvgIpc) is 2.22.